The Morgan fingerprint density at radius 3 is 2.53 bits per heavy atom. The standard InChI is InChI=1S/C10H23N5O3S/c1-15-6-3-10(4-7-15,9(11)12)14-19(16,17)13-5-8-18-2/h13-14H,3-8H2,1-2H3,(H3,11,12). The Kier molecular flexibility index (Phi) is 5.68. The topological polar surface area (TPSA) is 121 Å². The number of nitrogens with one attached hydrogen (secondary N) is 3. The van der Waals surface area contributed by atoms with Gasteiger partial charge in [0.05, 0.1) is 12.1 Å². The van der Waals surface area contributed by atoms with E-state index in [1.807, 2.05) is 7.05 Å². The summed E-state index contributed by atoms with van der Waals surface area (Å²) >= 11 is 0. The van der Waals surface area contributed by atoms with E-state index in [0.29, 0.717) is 25.9 Å². The molecule has 1 rings (SSSR count). The van der Waals surface area contributed by atoms with Gasteiger partial charge in [-0.05, 0) is 19.9 Å². The Hall–Kier alpha value is -0.740. The van der Waals surface area contributed by atoms with Gasteiger partial charge in [0, 0.05) is 26.7 Å². The van der Waals surface area contributed by atoms with Gasteiger partial charge in [-0.25, -0.2) is 0 Å². The average Bonchev–Trinajstić information content (AvgIpc) is 2.32. The van der Waals surface area contributed by atoms with Crippen molar-refractivity contribution >= 4 is 16.0 Å². The number of nitrogens with two attached hydrogens (primary N) is 1. The van der Waals surface area contributed by atoms with Crippen LogP contribution in [0, 0.1) is 5.41 Å². The van der Waals surface area contributed by atoms with Crippen molar-refractivity contribution in [1.29, 1.82) is 5.41 Å². The molecule has 1 fully saturated rings. The molecule has 0 aliphatic carbocycles. The highest BCUT2D eigenvalue weighted by Crippen LogP contribution is 2.22. The Morgan fingerprint density at radius 2 is 2.05 bits per heavy atom. The van der Waals surface area contributed by atoms with Crippen LogP contribution in [0.4, 0.5) is 0 Å². The summed E-state index contributed by atoms with van der Waals surface area (Å²) in [5, 5.41) is 7.68. The van der Waals surface area contributed by atoms with Crippen LogP contribution in [0.1, 0.15) is 12.8 Å². The number of piperidine rings is 1. The lowest BCUT2D eigenvalue weighted by Gasteiger charge is -2.39. The van der Waals surface area contributed by atoms with E-state index in [4.69, 9.17) is 15.9 Å². The fourth-order valence-electron chi connectivity index (χ4n) is 2.00. The number of ether oxygens (including phenoxy) is 1. The number of amidine groups is 1. The Morgan fingerprint density at radius 1 is 1.47 bits per heavy atom. The molecular weight excluding hydrogens is 270 g/mol. The molecule has 5 N–H and O–H groups in total. The largest absolute Gasteiger partial charge is 0.386 e. The predicted molar refractivity (Wildman–Crippen MR) is 73.3 cm³/mol. The molecule has 0 amide bonds. The summed E-state index contributed by atoms with van der Waals surface area (Å²) in [5.41, 5.74) is 4.61. The van der Waals surface area contributed by atoms with Gasteiger partial charge in [-0.2, -0.15) is 17.9 Å². The van der Waals surface area contributed by atoms with E-state index in [9.17, 15) is 8.42 Å². The lowest BCUT2D eigenvalue weighted by atomic mass is 9.88. The van der Waals surface area contributed by atoms with Crippen LogP contribution >= 0.6 is 0 Å². The number of nitrogens with zero attached hydrogens (tertiary/aromatic N) is 1. The van der Waals surface area contributed by atoms with Crippen molar-refractivity contribution in [2.75, 3.05) is 40.4 Å². The van der Waals surface area contributed by atoms with Crippen molar-refractivity contribution in [3.05, 3.63) is 0 Å². The molecule has 0 atom stereocenters. The second kappa shape index (κ2) is 6.62. The van der Waals surface area contributed by atoms with Crippen molar-refractivity contribution in [2.45, 2.75) is 18.4 Å². The Balaban J connectivity index is 2.71. The van der Waals surface area contributed by atoms with E-state index in [1.54, 1.807) is 0 Å². The first-order valence-corrected chi connectivity index (χ1v) is 7.60. The number of likely N-dealkylation sites (tertiary alicyclic amines) is 1. The number of hydrogen-bond acceptors (Lipinski definition) is 5. The van der Waals surface area contributed by atoms with Gasteiger partial charge in [0.1, 0.15) is 5.84 Å². The summed E-state index contributed by atoms with van der Waals surface area (Å²) in [5.74, 6) is -0.141. The monoisotopic (exact) mass is 293 g/mol. The maximum absolute atomic E-state index is 11.9. The SMILES string of the molecule is COCCNS(=O)(=O)NC1(C(=N)N)CCN(C)CC1. The second-order valence-electron chi connectivity index (χ2n) is 4.79. The molecule has 1 saturated heterocycles. The third kappa shape index (κ3) is 4.69. The molecule has 0 aromatic heterocycles. The van der Waals surface area contributed by atoms with Crippen molar-refractivity contribution in [3.63, 3.8) is 0 Å². The molecule has 19 heavy (non-hydrogen) atoms. The molecule has 0 radical (unpaired) electrons. The summed E-state index contributed by atoms with van der Waals surface area (Å²) in [6.45, 7) is 1.86. The van der Waals surface area contributed by atoms with E-state index in [2.05, 4.69) is 14.3 Å². The molecule has 0 aromatic rings. The summed E-state index contributed by atoms with van der Waals surface area (Å²) in [4.78, 5) is 2.08. The first-order chi connectivity index (χ1) is 8.81. The maximum Gasteiger partial charge on any atom is 0.277 e. The molecule has 8 nitrogen and oxygen atoms in total. The molecule has 0 spiro atoms. The third-order valence-electron chi connectivity index (χ3n) is 3.28. The zero-order valence-electron chi connectivity index (χ0n) is 11.4. The Labute approximate surface area is 114 Å². The summed E-state index contributed by atoms with van der Waals surface area (Å²) in [7, 11) is -0.244. The van der Waals surface area contributed by atoms with Gasteiger partial charge in [0.2, 0.25) is 0 Å². The quantitative estimate of drug-likeness (QED) is 0.257. The number of hydrogen-bond donors (Lipinski definition) is 4. The summed E-state index contributed by atoms with van der Waals surface area (Å²) < 4.78 is 33.5. The fraction of sp³-hybridized carbons (Fsp3) is 0.900. The van der Waals surface area contributed by atoms with Gasteiger partial charge in [-0.1, -0.05) is 0 Å². The maximum atomic E-state index is 11.9. The lowest BCUT2D eigenvalue weighted by molar-refractivity contribution is 0.203. The molecule has 9 heteroatoms. The molecule has 0 saturated carbocycles. The number of rotatable bonds is 7. The molecule has 1 heterocycles. The van der Waals surface area contributed by atoms with Crippen LogP contribution in [0.15, 0.2) is 0 Å². The zero-order chi connectivity index (χ0) is 14.5. The van der Waals surface area contributed by atoms with E-state index in [-0.39, 0.29) is 19.0 Å². The first kappa shape index (κ1) is 16.3. The van der Waals surface area contributed by atoms with Crippen molar-refractivity contribution in [3.8, 4) is 0 Å². The molecule has 1 aliphatic rings. The van der Waals surface area contributed by atoms with E-state index >= 15 is 0 Å². The van der Waals surface area contributed by atoms with Crippen LogP contribution in [-0.2, 0) is 14.9 Å². The van der Waals surface area contributed by atoms with Crippen LogP contribution in [0.3, 0.4) is 0 Å². The average molecular weight is 293 g/mol. The van der Waals surface area contributed by atoms with E-state index in [0.717, 1.165) is 0 Å². The third-order valence-corrected chi connectivity index (χ3v) is 4.53. The van der Waals surface area contributed by atoms with Gasteiger partial charge in [-0.15, -0.1) is 0 Å². The second-order valence-corrected chi connectivity index (χ2v) is 6.29. The summed E-state index contributed by atoms with van der Waals surface area (Å²) in [6, 6.07) is 0. The van der Waals surface area contributed by atoms with Crippen LogP contribution < -0.4 is 15.2 Å². The highest BCUT2D eigenvalue weighted by molar-refractivity contribution is 7.87. The van der Waals surface area contributed by atoms with Gasteiger partial charge in [-0.3, -0.25) is 5.41 Å². The highest BCUT2D eigenvalue weighted by Gasteiger charge is 2.40. The minimum Gasteiger partial charge on any atom is -0.386 e. The normalized spacial score (nSPS) is 20.3. The van der Waals surface area contributed by atoms with Crippen LogP contribution in [0.2, 0.25) is 0 Å². The Bertz CT molecular complexity index is 403. The van der Waals surface area contributed by atoms with Crippen LogP contribution in [-0.4, -0.2) is 65.1 Å². The van der Waals surface area contributed by atoms with Crippen molar-refractivity contribution in [1.82, 2.24) is 14.3 Å². The van der Waals surface area contributed by atoms with Crippen LogP contribution in [0.5, 0.6) is 0 Å². The predicted octanol–water partition coefficient (Wildman–Crippen LogP) is -1.54. The minimum atomic E-state index is -3.69. The number of methoxy groups -OCH3 is 1. The van der Waals surface area contributed by atoms with Gasteiger partial charge in [0.15, 0.2) is 0 Å². The molecule has 0 bridgehead atoms. The first-order valence-electron chi connectivity index (χ1n) is 6.12. The minimum absolute atomic E-state index is 0.141. The van der Waals surface area contributed by atoms with Gasteiger partial charge >= 0.3 is 0 Å². The van der Waals surface area contributed by atoms with Crippen LogP contribution in [0.25, 0.3) is 0 Å². The molecule has 0 unspecified atom stereocenters. The van der Waals surface area contributed by atoms with E-state index in [1.165, 1.54) is 7.11 Å². The van der Waals surface area contributed by atoms with E-state index < -0.39 is 15.7 Å². The van der Waals surface area contributed by atoms with Crippen molar-refractivity contribution in [2.24, 2.45) is 5.73 Å². The molecule has 1 aliphatic heterocycles. The highest BCUT2D eigenvalue weighted by atomic mass is 32.2. The lowest BCUT2D eigenvalue weighted by Crippen LogP contribution is -2.63. The van der Waals surface area contributed by atoms with Gasteiger partial charge < -0.3 is 15.4 Å². The summed E-state index contributed by atoms with van der Waals surface area (Å²) in [6.07, 6.45) is 0.980. The zero-order valence-corrected chi connectivity index (χ0v) is 12.2. The molecule has 0 aromatic carbocycles. The smallest absolute Gasteiger partial charge is 0.277 e. The van der Waals surface area contributed by atoms with Gasteiger partial charge in [0.25, 0.3) is 10.2 Å². The fourth-order valence-corrected chi connectivity index (χ4v) is 3.25. The molecule has 112 valence electrons. The molecular formula is C10H23N5O3S. The van der Waals surface area contributed by atoms with Crippen molar-refractivity contribution < 1.29 is 13.2 Å².